The Balaban J connectivity index is 2.54. The molecule has 0 aliphatic heterocycles. The fraction of sp³-hybridized carbons (Fsp3) is 0.727. The summed E-state index contributed by atoms with van der Waals surface area (Å²) >= 11 is 0. The molecule has 1 rings (SSSR count). The molecule has 0 spiro atoms. The van der Waals surface area contributed by atoms with E-state index < -0.39 is 23.6 Å². The number of nitrogens with one attached hydrogen (secondary N) is 1. The summed E-state index contributed by atoms with van der Waals surface area (Å²) in [6.07, 6.45) is -5.63. The molecule has 0 saturated carbocycles. The third kappa shape index (κ3) is 4.69. The Morgan fingerprint density at radius 3 is 2.48 bits per heavy atom. The van der Waals surface area contributed by atoms with Gasteiger partial charge < -0.3 is 15.5 Å². The van der Waals surface area contributed by atoms with E-state index in [1.165, 1.54) is 18.5 Å². The highest BCUT2D eigenvalue weighted by atomic mass is 19.3. The molecule has 0 amide bonds. The van der Waals surface area contributed by atoms with Crippen molar-refractivity contribution in [3.63, 3.8) is 0 Å². The van der Waals surface area contributed by atoms with Gasteiger partial charge in [-0.1, -0.05) is 0 Å². The first kappa shape index (κ1) is 17.4. The lowest BCUT2D eigenvalue weighted by atomic mass is 10.3. The zero-order valence-corrected chi connectivity index (χ0v) is 11.7. The minimum Gasteiger partial charge on any atom is -0.390 e. The average Bonchev–Trinajstić information content (AvgIpc) is 2.63. The minimum atomic E-state index is -2.85. The normalized spacial score (nSPS) is 14.4. The Labute approximate surface area is 119 Å². The maximum Gasteiger partial charge on any atom is 0.312 e. The second-order valence-corrected chi connectivity index (χ2v) is 4.67. The van der Waals surface area contributed by atoms with Crippen LogP contribution < -0.4 is 5.32 Å². The van der Waals surface area contributed by atoms with Crippen molar-refractivity contribution >= 4 is 5.69 Å². The molecule has 1 aromatic heterocycles. The predicted octanol–water partition coefficient (Wildman–Crippen LogP) is -0.0154. The molecule has 0 bridgehead atoms. The fourth-order valence-corrected chi connectivity index (χ4v) is 1.88. The number of hydrogen-bond acceptors (Lipinski definition) is 6. The van der Waals surface area contributed by atoms with E-state index in [9.17, 15) is 24.0 Å². The molecule has 0 aromatic carbocycles. The number of hydrogen-bond donors (Lipinski definition) is 3. The Bertz CT molecular complexity index is 495. The standard InChI is InChI=1S/C11H18F2N4O4/c1-6-10(17(20)21)7(2)16(15-6)5-8(18)3-14-4-9(19)11(12)13/h8-9,11,14,18-19H,3-5H2,1-2H3. The van der Waals surface area contributed by atoms with E-state index in [2.05, 4.69) is 10.4 Å². The summed E-state index contributed by atoms with van der Waals surface area (Å²) in [5.41, 5.74) is 0.443. The van der Waals surface area contributed by atoms with Gasteiger partial charge in [0.15, 0.2) is 0 Å². The Hall–Kier alpha value is -1.65. The van der Waals surface area contributed by atoms with E-state index in [0.717, 1.165) is 0 Å². The summed E-state index contributed by atoms with van der Waals surface area (Å²) in [6.45, 7) is 2.59. The SMILES string of the molecule is Cc1nn(CC(O)CNCC(O)C(F)F)c(C)c1[N+](=O)[O-]. The molecule has 2 unspecified atom stereocenters. The van der Waals surface area contributed by atoms with Gasteiger partial charge in [0.1, 0.15) is 17.5 Å². The fourth-order valence-electron chi connectivity index (χ4n) is 1.88. The Morgan fingerprint density at radius 1 is 1.38 bits per heavy atom. The number of aryl methyl sites for hydroxylation is 1. The van der Waals surface area contributed by atoms with Gasteiger partial charge in [-0.25, -0.2) is 8.78 Å². The van der Waals surface area contributed by atoms with E-state index in [0.29, 0.717) is 5.69 Å². The van der Waals surface area contributed by atoms with Gasteiger partial charge in [0.05, 0.1) is 17.6 Å². The molecule has 0 aliphatic carbocycles. The third-order valence-electron chi connectivity index (χ3n) is 2.93. The summed E-state index contributed by atoms with van der Waals surface area (Å²) in [7, 11) is 0. The van der Waals surface area contributed by atoms with Crippen molar-refractivity contribution in [2.24, 2.45) is 0 Å². The third-order valence-corrected chi connectivity index (χ3v) is 2.93. The maximum atomic E-state index is 12.0. The average molecular weight is 308 g/mol. The highest BCUT2D eigenvalue weighted by molar-refractivity contribution is 5.39. The van der Waals surface area contributed by atoms with Crippen LogP contribution in [0.2, 0.25) is 0 Å². The minimum absolute atomic E-state index is 0.0156. The number of aliphatic hydroxyl groups excluding tert-OH is 2. The number of aliphatic hydroxyl groups is 2. The van der Waals surface area contributed by atoms with E-state index in [1.54, 1.807) is 0 Å². The molecule has 21 heavy (non-hydrogen) atoms. The van der Waals surface area contributed by atoms with Crippen molar-refractivity contribution in [2.45, 2.75) is 39.0 Å². The van der Waals surface area contributed by atoms with Gasteiger partial charge in [-0.15, -0.1) is 0 Å². The number of alkyl halides is 2. The van der Waals surface area contributed by atoms with Crippen LogP contribution >= 0.6 is 0 Å². The van der Waals surface area contributed by atoms with Crippen LogP contribution in [-0.4, -0.2) is 56.6 Å². The van der Waals surface area contributed by atoms with E-state index >= 15 is 0 Å². The van der Waals surface area contributed by atoms with Crippen molar-refractivity contribution in [1.29, 1.82) is 0 Å². The molecular formula is C11H18F2N4O4. The number of nitrogens with zero attached hydrogens (tertiary/aromatic N) is 3. The van der Waals surface area contributed by atoms with Crippen molar-refractivity contribution in [2.75, 3.05) is 13.1 Å². The quantitative estimate of drug-likeness (QED) is 0.459. The van der Waals surface area contributed by atoms with Crippen LogP contribution in [0.1, 0.15) is 11.4 Å². The lowest BCUT2D eigenvalue weighted by molar-refractivity contribution is -0.386. The summed E-state index contributed by atoms with van der Waals surface area (Å²) in [5.74, 6) is 0. The van der Waals surface area contributed by atoms with Crippen LogP contribution in [0.15, 0.2) is 0 Å². The second-order valence-electron chi connectivity index (χ2n) is 4.67. The lowest BCUT2D eigenvalue weighted by Crippen LogP contribution is -2.37. The van der Waals surface area contributed by atoms with E-state index in [4.69, 9.17) is 5.11 Å². The summed E-state index contributed by atoms with van der Waals surface area (Å²) in [4.78, 5) is 10.3. The van der Waals surface area contributed by atoms with Crippen LogP contribution in [0, 0.1) is 24.0 Å². The highest BCUT2D eigenvalue weighted by Gasteiger charge is 2.23. The number of aromatic nitrogens is 2. The Morgan fingerprint density at radius 2 is 2.00 bits per heavy atom. The lowest BCUT2D eigenvalue weighted by Gasteiger charge is -2.15. The van der Waals surface area contributed by atoms with Crippen LogP contribution in [0.25, 0.3) is 0 Å². The second kappa shape index (κ2) is 7.38. The first-order chi connectivity index (χ1) is 9.73. The molecule has 0 aliphatic rings. The molecule has 0 radical (unpaired) electrons. The summed E-state index contributed by atoms with van der Waals surface area (Å²) in [6, 6.07) is 0. The first-order valence-corrected chi connectivity index (χ1v) is 6.27. The van der Waals surface area contributed by atoms with Gasteiger partial charge in [0.25, 0.3) is 6.43 Å². The smallest absolute Gasteiger partial charge is 0.312 e. The molecule has 1 aromatic rings. The summed E-state index contributed by atoms with van der Waals surface area (Å²) in [5, 5.41) is 35.9. The van der Waals surface area contributed by atoms with Gasteiger partial charge in [-0.05, 0) is 13.8 Å². The molecular weight excluding hydrogens is 290 g/mol. The van der Waals surface area contributed by atoms with Gasteiger partial charge in [-0.2, -0.15) is 5.10 Å². The van der Waals surface area contributed by atoms with Gasteiger partial charge in [0.2, 0.25) is 0 Å². The van der Waals surface area contributed by atoms with Crippen LogP contribution in [-0.2, 0) is 6.54 Å². The van der Waals surface area contributed by atoms with Gasteiger partial charge in [0, 0.05) is 13.1 Å². The number of nitro groups is 1. The molecule has 0 saturated heterocycles. The first-order valence-electron chi connectivity index (χ1n) is 6.27. The zero-order chi connectivity index (χ0) is 16.2. The zero-order valence-electron chi connectivity index (χ0n) is 11.7. The van der Waals surface area contributed by atoms with Gasteiger partial charge in [-0.3, -0.25) is 14.8 Å². The van der Waals surface area contributed by atoms with E-state index in [1.807, 2.05) is 0 Å². The van der Waals surface area contributed by atoms with Crippen molar-refractivity contribution in [1.82, 2.24) is 15.1 Å². The number of halogens is 2. The molecule has 8 nitrogen and oxygen atoms in total. The molecule has 120 valence electrons. The highest BCUT2D eigenvalue weighted by Crippen LogP contribution is 2.21. The van der Waals surface area contributed by atoms with Crippen LogP contribution in [0.5, 0.6) is 0 Å². The van der Waals surface area contributed by atoms with Crippen LogP contribution in [0.3, 0.4) is 0 Å². The topological polar surface area (TPSA) is 113 Å². The maximum absolute atomic E-state index is 12.0. The molecule has 10 heteroatoms. The largest absolute Gasteiger partial charge is 0.390 e. The van der Waals surface area contributed by atoms with Crippen LogP contribution in [0.4, 0.5) is 14.5 Å². The van der Waals surface area contributed by atoms with E-state index in [-0.39, 0.29) is 31.0 Å². The van der Waals surface area contributed by atoms with Crippen molar-refractivity contribution < 1.29 is 23.9 Å². The molecule has 1 heterocycles. The number of rotatable bonds is 8. The van der Waals surface area contributed by atoms with Crippen molar-refractivity contribution in [3.05, 3.63) is 21.5 Å². The van der Waals surface area contributed by atoms with Crippen molar-refractivity contribution in [3.8, 4) is 0 Å². The Kier molecular flexibility index (Phi) is 6.12. The monoisotopic (exact) mass is 308 g/mol. The van der Waals surface area contributed by atoms with Gasteiger partial charge >= 0.3 is 5.69 Å². The molecule has 3 N–H and O–H groups in total. The summed E-state index contributed by atoms with van der Waals surface area (Å²) < 4.78 is 25.4. The molecule has 0 fully saturated rings. The molecule has 2 atom stereocenters. The predicted molar refractivity (Wildman–Crippen MR) is 69.2 cm³/mol.